The Morgan fingerprint density at radius 3 is 1.55 bits per heavy atom. The molecule has 4 aromatic carbocycles. The van der Waals surface area contributed by atoms with E-state index in [1.807, 2.05) is 0 Å². The third-order valence-electron chi connectivity index (χ3n) is 14.1. The number of para-hydroxylation sites is 4. The highest BCUT2D eigenvalue weighted by molar-refractivity contribution is 6.03. The minimum absolute atomic E-state index is 0.0174. The second kappa shape index (κ2) is 17.3. The van der Waals surface area contributed by atoms with Crippen LogP contribution in [0.5, 0.6) is 0 Å². The molecule has 0 saturated carbocycles. The first-order valence-electron chi connectivity index (χ1n) is 22.0. The standard InChI is InChI=1S/C29H33N2.C15H22N.C12H16N/c1-28(2)22-16-12-14-18-24(22)30(5)26(28)20-10-8-7-9-11-21-27-29(3,4)23-17-13-15-19-25(23)31(27)6;1-5-6-11-16-12(2)15(3,4)13-9-7-8-10-14(13)16;1-9-12(2,3)10-7-5-6-8-11(10)13(9)4/h7-21H,1-6H3;7-10H,5-6,11H2,1-4H3;5-8H,1-4H3/q3*+1. The highest BCUT2D eigenvalue weighted by atomic mass is 15.2. The molecule has 0 bridgehead atoms. The van der Waals surface area contributed by atoms with Crippen LogP contribution in [-0.2, 0) is 21.7 Å². The van der Waals surface area contributed by atoms with Crippen molar-refractivity contribution in [1.82, 2.24) is 0 Å². The van der Waals surface area contributed by atoms with E-state index in [0.717, 1.165) is 6.54 Å². The molecule has 4 heteroatoms. The number of rotatable bonds is 7. The maximum atomic E-state index is 2.50. The van der Waals surface area contributed by atoms with Crippen LogP contribution in [0.25, 0.3) is 0 Å². The molecular weight excluding hydrogens is 729 g/mol. The van der Waals surface area contributed by atoms with Crippen LogP contribution in [0.15, 0.2) is 145 Å². The van der Waals surface area contributed by atoms with Gasteiger partial charge < -0.3 is 4.90 Å². The Kier molecular flexibility index (Phi) is 12.8. The van der Waals surface area contributed by atoms with Crippen molar-refractivity contribution >= 4 is 39.9 Å². The summed E-state index contributed by atoms with van der Waals surface area (Å²) in [6.07, 6.45) is 17.6. The average Bonchev–Trinajstić information content (AvgIpc) is 3.72. The second-order valence-corrected chi connectivity index (χ2v) is 19.0. The van der Waals surface area contributed by atoms with Gasteiger partial charge in [-0.15, -0.1) is 0 Å². The van der Waals surface area contributed by atoms with Gasteiger partial charge in [-0.3, -0.25) is 0 Å². The summed E-state index contributed by atoms with van der Waals surface area (Å²) in [5.74, 6) is 0. The van der Waals surface area contributed by atoms with Gasteiger partial charge in [0.05, 0.1) is 16.2 Å². The number of hydrogen-bond acceptors (Lipinski definition) is 1. The fourth-order valence-corrected chi connectivity index (χ4v) is 9.73. The highest BCUT2D eigenvalue weighted by Gasteiger charge is 2.44. The number of allylic oxidation sites excluding steroid dienone is 8. The van der Waals surface area contributed by atoms with E-state index >= 15 is 0 Å². The summed E-state index contributed by atoms with van der Waals surface area (Å²) in [5, 5.41) is 0. The van der Waals surface area contributed by atoms with E-state index in [-0.39, 0.29) is 21.7 Å². The van der Waals surface area contributed by atoms with Crippen LogP contribution in [0.1, 0.15) is 111 Å². The van der Waals surface area contributed by atoms with Crippen LogP contribution < -0.4 is 4.90 Å². The van der Waals surface area contributed by atoms with Crippen molar-refractivity contribution < 1.29 is 13.7 Å². The Labute approximate surface area is 363 Å². The lowest BCUT2D eigenvalue weighted by atomic mass is 9.81. The topological polar surface area (TPSA) is 12.3 Å². The minimum atomic E-state index is 0.0174. The first kappa shape index (κ1) is 44.2. The number of hydrogen-bond donors (Lipinski definition) is 0. The summed E-state index contributed by atoms with van der Waals surface area (Å²) >= 11 is 0. The van der Waals surface area contributed by atoms with E-state index in [2.05, 4.69) is 256 Å². The monoisotopic (exact) mass is 800 g/mol. The first-order chi connectivity index (χ1) is 28.4. The van der Waals surface area contributed by atoms with E-state index in [1.54, 1.807) is 0 Å². The van der Waals surface area contributed by atoms with E-state index in [1.165, 1.54) is 80.7 Å². The number of unbranched alkanes of at least 4 members (excludes halogenated alkanes) is 1. The summed E-state index contributed by atoms with van der Waals surface area (Å²) in [7, 11) is 6.45. The molecule has 4 aromatic rings. The summed E-state index contributed by atoms with van der Waals surface area (Å²) < 4.78 is 7.09. The van der Waals surface area contributed by atoms with Gasteiger partial charge in [0, 0.05) is 85.1 Å². The molecule has 8 rings (SSSR count). The third-order valence-corrected chi connectivity index (χ3v) is 14.1. The summed E-state index contributed by atoms with van der Waals surface area (Å²) in [4.78, 5) is 2.30. The Balaban J connectivity index is 0.000000172. The van der Waals surface area contributed by atoms with Crippen molar-refractivity contribution in [2.24, 2.45) is 0 Å². The van der Waals surface area contributed by atoms with Crippen LogP contribution in [0.2, 0.25) is 0 Å². The molecule has 0 radical (unpaired) electrons. The molecule has 0 saturated heterocycles. The van der Waals surface area contributed by atoms with Crippen LogP contribution in [0.4, 0.5) is 22.7 Å². The zero-order valence-electron chi connectivity index (χ0n) is 39.2. The molecule has 0 fully saturated rings. The number of anilines is 1. The normalized spacial score (nSPS) is 19.5. The van der Waals surface area contributed by atoms with Gasteiger partial charge in [-0.25, -0.2) is 4.58 Å². The number of likely N-dealkylation sites (N-methyl/N-ethyl adjacent to an activating group) is 1. The van der Waals surface area contributed by atoms with Gasteiger partial charge in [-0.05, 0) is 59.2 Å². The van der Waals surface area contributed by atoms with E-state index in [0.29, 0.717) is 0 Å². The van der Waals surface area contributed by atoms with Gasteiger partial charge >= 0.3 is 0 Å². The predicted octanol–water partition coefficient (Wildman–Crippen LogP) is 13.3. The van der Waals surface area contributed by atoms with Crippen LogP contribution in [-0.4, -0.2) is 58.5 Å². The van der Waals surface area contributed by atoms with Gasteiger partial charge in [0.25, 0.3) is 0 Å². The van der Waals surface area contributed by atoms with Crippen molar-refractivity contribution in [1.29, 1.82) is 0 Å². The van der Waals surface area contributed by atoms with Crippen molar-refractivity contribution in [3.05, 3.63) is 168 Å². The van der Waals surface area contributed by atoms with E-state index < -0.39 is 0 Å². The molecule has 4 nitrogen and oxygen atoms in total. The fraction of sp³-hybridized carbons (Fsp3) is 0.375. The van der Waals surface area contributed by atoms with Crippen molar-refractivity contribution in [2.45, 2.75) is 111 Å². The zero-order valence-corrected chi connectivity index (χ0v) is 39.2. The molecular formula is C56H71N4+3. The summed E-state index contributed by atoms with van der Waals surface area (Å²) in [5.41, 5.74) is 17.0. The quantitative estimate of drug-likeness (QED) is 0.134. The Morgan fingerprint density at radius 1 is 0.517 bits per heavy atom. The van der Waals surface area contributed by atoms with Gasteiger partial charge in [0.1, 0.15) is 20.6 Å². The molecule has 0 aromatic heterocycles. The molecule has 4 aliphatic heterocycles. The molecule has 0 amide bonds. The Morgan fingerprint density at radius 2 is 0.983 bits per heavy atom. The van der Waals surface area contributed by atoms with Crippen molar-refractivity contribution in [2.75, 3.05) is 32.6 Å². The van der Waals surface area contributed by atoms with Crippen molar-refractivity contribution in [3.63, 3.8) is 0 Å². The third kappa shape index (κ3) is 7.98. The second-order valence-electron chi connectivity index (χ2n) is 19.0. The maximum absolute atomic E-state index is 2.50. The Bertz CT molecular complexity index is 2470. The lowest BCUT2D eigenvalue weighted by molar-refractivity contribution is -0.439. The highest BCUT2D eigenvalue weighted by Crippen LogP contribution is 2.47. The molecule has 0 unspecified atom stereocenters. The van der Waals surface area contributed by atoms with Gasteiger partial charge in [-0.2, -0.15) is 9.15 Å². The van der Waals surface area contributed by atoms with E-state index in [4.69, 9.17) is 0 Å². The summed E-state index contributed by atoms with van der Waals surface area (Å²) in [6.45, 7) is 26.3. The maximum Gasteiger partial charge on any atom is 0.209 e. The predicted molar refractivity (Wildman–Crippen MR) is 260 cm³/mol. The van der Waals surface area contributed by atoms with Gasteiger partial charge in [0.15, 0.2) is 17.1 Å². The van der Waals surface area contributed by atoms with E-state index in [9.17, 15) is 0 Å². The van der Waals surface area contributed by atoms with Crippen LogP contribution in [0.3, 0.4) is 0 Å². The zero-order chi connectivity index (χ0) is 43.6. The van der Waals surface area contributed by atoms with Gasteiger partial charge in [0.2, 0.25) is 17.1 Å². The number of benzene rings is 4. The largest absolute Gasteiger partial charge is 0.347 e. The molecule has 4 aliphatic rings. The lowest BCUT2D eigenvalue weighted by Gasteiger charge is -2.23. The summed E-state index contributed by atoms with van der Waals surface area (Å²) in [6, 6.07) is 34.8. The Hall–Kier alpha value is -5.35. The number of nitrogens with zero attached hydrogens (tertiary/aromatic N) is 4. The number of fused-ring (bicyclic) bond motifs is 4. The lowest BCUT2D eigenvalue weighted by Crippen LogP contribution is -2.26. The van der Waals surface area contributed by atoms with Crippen molar-refractivity contribution in [3.8, 4) is 0 Å². The van der Waals surface area contributed by atoms with Crippen LogP contribution >= 0.6 is 0 Å². The fourth-order valence-electron chi connectivity index (χ4n) is 9.73. The smallest absolute Gasteiger partial charge is 0.209 e. The first-order valence-corrected chi connectivity index (χ1v) is 22.0. The van der Waals surface area contributed by atoms with Gasteiger partial charge in [-0.1, -0.05) is 130 Å². The minimum Gasteiger partial charge on any atom is -0.347 e. The molecule has 0 spiro atoms. The molecule has 60 heavy (non-hydrogen) atoms. The average molecular weight is 800 g/mol. The molecule has 0 atom stereocenters. The SMILES string of the molecule is CC1=[N+](C)c2ccccc2C1(C)C.CCCC[N+]1=C(C)C(C)(C)c2ccccc21.CN1C(=CC=CC=CC=CC2=[N+](C)c3ccccc3C2(C)C)C(C)(C)c2ccccc21. The molecule has 0 aliphatic carbocycles. The molecule has 0 N–H and O–H groups in total. The molecule has 312 valence electrons. The van der Waals surface area contributed by atoms with Crippen LogP contribution in [0, 0.1) is 0 Å². The molecule has 4 heterocycles.